The van der Waals surface area contributed by atoms with Crippen molar-refractivity contribution in [1.82, 2.24) is 9.55 Å². The van der Waals surface area contributed by atoms with Gasteiger partial charge in [0.2, 0.25) is 0 Å². The summed E-state index contributed by atoms with van der Waals surface area (Å²) in [6.45, 7) is 3.73. The average Bonchev–Trinajstić information content (AvgIpc) is 2.62. The van der Waals surface area contributed by atoms with Crippen molar-refractivity contribution < 1.29 is 4.39 Å². The van der Waals surface area contributed by atoms with Gasteiger partial charge in [-0.25, -0.2) is 9.37 Å². The van der Waals surface area contributed by atoms with Crippen molar-refractivity contribution in [3.8, 4) is 17.3 Å². The fourth-order valence-electron chi connectivity index (χ4n) is 2.98. The third kappa shape index (κ3) is 3.39. The van der Waals surface area contributed by atoms with Crippen molar-refractivity contribution >= 4 is 5.82 Å². The molecule has 130 valence electrons. The number of rotatable bonds is 3. The standard InChI is InChI=1S/C18H20FN5O/c1-2-23-11-16(12-3-4-13(10-20)15(19)9-12)22-17(18(23)25)24-7-5-14(21)6-8-24/h3-4,9,11,14H,2,5-8,21H2,1H3. The summed E-state index contributed by atoms with van der Waals surface area (Å²) in [4.78, 5) is 19.1. The summed E-state index contributed by atoms with van der Waals surface area (Å²) in [7, 11) is 0. The van der Waals surface area contributed by atoms with Crippen molar-refractivity contribution in [3.63, 3.8) is 0 Å². The van der Waals surface area contributed by atoms with Gasteiger partial charge >= 0.3 is 0 Å². The highest BCUT2D eigenvalue weighted by Crippen LogP contribution is 2.22. The first-order valence-electron chi connectivity index (χ1n) is 8.35. The number of benzene rings is 1. The summed E-state index contributed by atoms with van der Waals surface area (Å²) in [5.41, 5.74) is 6.81. The number of nitriles is 1. The summed E-state index contributed by atoms with van der Waals surface area (Å²) in [6.07, 6.45) is 3.24. The van der Waals surface area contributed by atoms with Gasteiger partial charge < -0.3 is 15.2 Å². The molecule has 0 unspecified atom stereocenters. The molecule has 0 radical (unpaired) electrons. The molecule has 6 nitrogen and oxygen atoms in total. The van der Waals surface area contributed by atoms with E-state index in [-0.39, 0.29) is 17.2 Å². The fraction of sp³-hybridized carbons (Fsp3) is 0.389. The zero-order valence-electron chi connectivity index (χ0n) is 14.1. The lowest BCUT2D eigenvalue weighted by atomic mass is 10.1. The van der Waals surface area contributed by atoms with E-state index < -0.39 is 5.82 Å². The van der Waals surface area contributed by atoms with Crippen molar-refractivity contribution in [1.29, 1.82) is 5.26 Å². The minimum atomic E-state index is -0.596. The predicted octanol–water partition coefficient (Wildman–Crippen LogP) is 1.87. The van der Waals surface area contributed by atoms with Crippen LogP contribution in [0.1, 0.15) is 25.3 Å². The Bertz CT molecular complexity index is 878. The first-order chi connectivity index (χ1) is 12.0. The molecule has 2 heterocycles. The summed E-state index contributed by atoms with van der Waals surface area (Å²) in [6, 6.07) is 6.30. The molecule has 2 N–H and O–H groups in total. The zero-order valence-corrected chi connectivity index (χ0v) is 14.1. The van der Waals surface area contributed by atoms with Gasteiger partial charge in [-0.05, 0) is 31.9 Å². The molecule has 0 bridgehead atoms. The SMILES string of the molecule is CCn1cc(-c2ccc(C#N)c(F)c2)nc(N2CCC(N)CC2)c1=O. The molecule has 0 spiro atoms. The number of aromatic nitrogens is 2. The van der Waals surface area contributed by atoms with Crippen LogP contribution in [0.15, 0.2) is 29.2 Å². The van der Waals surface area contributed by atoms with Gasteiger partial charge in [0, 0.05) is 37.4 Å². The Kier molecular flexibility index (Phi) is 4.81. The zero-order chi connectivity index (χ0) is 18.0. The number of piperidine rings is 1. The largest absolute Gasteiger partial charge is 0.352 e. The summed E-state index contributed by atoms with van der Waals surface area (Å²) in [5.74, 6) is -0.224. The minimum Gasteiger partial charge on any atom is -0.352 e. The Balaban J connectivity index is 2.06. The molecule has 0 amide bonds. The van der Waals surface area contributed by atoms with Crippen LogP contribution in [0.4, 0.5) is 10.2 Å². The number of nitrogens with zero attached hydrogens (tertiary/aromatic N) is 4. The van der Waals surface area contributed by atoms with Gasteiger partial charge in [-0.1, -0.05) is 6.07 Å². The lowest BCUT2D eigenvalue weighted by molar-refractivity contribution is 0.496. The molecule has 25 heavy (non-hydrogen) atoms. The Hall–Kier alpha value is -2.72. The van der Waals surface area contributed by atoms with E-state index in [1.54, 1.807) is 22.9 Å². The second-order valence-corrected chi connectivity index (χ2v) is 6.17. The maximum absolute atomic E-state index is 14.0. The average molecular weight is 341 g/mol. The molecule has 1 fully saturated rings. The topological polar surface area (TPSA) is 87.9 Å². The molecule has 1 saturated heterocycles. The highest BCUT2D eigenvalue weighted by molar-refractivity contribution is 5.62. The van der Waals surface area contributed by atoms with Gasteiger partial charge in [0.1, 0.15) is 11.9 Å². The van der Waals surface area contributed by atoms with E-state index >= 15 is 0 Å². The molecule has 7 heteroatoms. The molecular weight excluding hydrogens is 321 g/mol. The summed E-state index contributed by atoms with van der Waals surface area (Å²) >= 11 is 0. The quantitative estimate of drug-likeness (QED) is 0.921. The highest BCUT2D eigenvalue weighted by Gasteiger charge is 2.21. The Morgan fingerprint density at radius 3 is 2.72 bits per heavy atom. The van der Waals surface area contributed by atoms with Crippen LogP contribution in [0.25, 0.3) is 11.3 Å². The van der Waals surface area contributed by atoms with E-state index in [4.69, 9.17) is 11.0 Å². The number of nitrogens with two attached hydrogens (primary N) is 1. The monoisotopic (exact) mass is 341 g/mol. The van der Waals surface area contributed by atoms with E-state index in [1.165, 1.54) is 12.1 Å². The van der Waals surface area contributed by atoms with Crippen LogP contribution < -0.4 is 16.2 Å². The van der Waals surface area contributed by atoms with Gasteiger partial charge in [-0.3, -0.25) is 4.79 Å². The number of hydrogen-bond acceptors (Lipinski definition) is 5. The maximum Gasteiger partial charge on any atom is 0.293 e. The lowest BCUT2D eigenvalue weighted by Crippen LogP contribution is -2.43. The van der Waals surface area contributed by atoms with Crippen molar-refractivity contribution in [2.75, 3.05) is 18.0 Å². The second kappa shape index (κ2) is 7.03. The first kappa shape index (κ1) is 17.1. The van der Waals surface area contributed by atoms with Crippen LogP contribution in [0.5, 0.6) is 0 Å². The molecule has 1 aromatic carbocycles. The predicted molar refractivity (Wildman–Crippen MR) is 93.7 cm³/mol. The van der Waals surface area contributed by atoms with E-state index in [1.807, 2.05) is 11.8 Å². The van der Waals surface area contributed by atoms with E-state index in [0.29, 0.717) is 36.7 Å². The number of halogens is 1. The van der Waals surface area contributed by atoms with Gasteiger partial charge in [0.15, 0.2) is 5.82 Å². The highest BCUT2D eigenvalue weighted by atomic mass is 19.1. The molecule has 1 aliphatic rings. The molecule has 1 aliphatic heterocycles. The molecular formula is C18H20FN5O. The minimum absolute atomic E-state index is 0.0159. The fourth-order valence-corrected chi connectivity index (χ4v) is 2.98. The summed E-state index contributed by atoms with van der Waals surface area (Å²) < 4.78 is 15.5. The van der Waals surface area contributed by atoms with Crippen molar-refractivity contribution in [2.45, 2.75) is 32.4 Å². The summed E-state index contributed by atoms with van der Waals surface area (Å²) in [5, 5.41) is 8.87. The number of hydrogen-bond donors (Lipinski definition) is 1. The van der Waals surface area contributed by atoms with Crippen molar-refractivity contribution in [3.05, 3.63) is 46.1 Å². The van der Waals surface area contributed by atoms with Crippen LogP contribution in [-0.4, -0.2) is 28.7 Å². The van der Waals surface area contributed by atoms with Crippen LogP contribution in [0.3, 0.4) is 0 Å². The molecule has 0 aliphatic carbocycles. The van der Waals surface area contributed by atoms with Gasteiger partial charge in [-0.2, -0.15) is 5.26 Å². The van der Waals surface area contributed by atoms with Gasteiger partial charge in [0.05, 0.1) is 11.3 Å². The third-order valence-electron chi connectivity index (χ3n) is 4.52. The normalized spacial score (nSPS) is 15.2. The lowest BCUT2D eigenvalue weighted by Gasteiger charge is -2.31. The first-order valence-corrected chi connectivity index (χ1v) is 8.35. The van der Waals surface area contributed by atoms with Crippen LogP contribution in [0.2, 0.25) is 0 Å². The molecule has 1 aromatic heterocycles. The Morgan fingerprint density at radius 1 is 1.40 bits per heavy atom. The molecule has 0 saturated carbocycles. The van der Waals surface area contributed by atoms with Crippen LogP contribution in [0, 0.1) is 17.1 Å². The van der Waals surface area contributed by atoms with Crippen molar-refractivity contribution in [2.24, 2.45) is 5.73 Å². The third-order valence-corrected chi connectivity index (χ3v) is 4.52. The smallest absolute Gasteiger partial charge is 0.293 e. The van der Waals surface area contributed by atoms with E-state index in [9.17, 15) is 9.18 Å². The molecule has 0 atom stereocenters. The Labute approximate surface area is 145 Å². The number of anilines is 1. The van der Waals surface area contributed by atoms with Crippen LogP contribution >= 0.6 is 0 Å². The maximum atomic E-state index is 14.0. The number of aryl methyl sites for hydroxylation is 1. The van der Waals surface area contributed by atoms with Crippen LogP contribution in [-0.2, 0) is 6.54 Å². The van der Waals surface area contributed by atoms with E-state index in [0.717, 1.165) is 12.8 Å². The second-order valence-electron chi connectivity index (χ2n) is 6.17. The molecule has 3 rings (SSSR count). The van der Waals surface area contributed by atoms with Gasteiger partial charge in [0.25, 0.3) is 5.56 Å². The molecule has 2 aromatic rings. The van der Waals surface area contributed by atoms with Gasteiger partial charge in [-0.15, -0.1) is 0 Å². The van der Waals surface area contributed by atoms with E-state index in [2.05, 4.69) is 4.98 Å². The Morgan fingerprint density at radius 2 is 2.12 bits per heavy atom.